The molecule has 3 N–H and O–H groups in total. The molecule has 2 atom stereocenters. The van der Waals surface area contributed by atoms with Gasteiger partial charge in [0.15, 0.2) is 0 Å². The van der Waals surface area contributed by atoms with Crippen LogP contribution in [-0.4, -0.2) is 34.9 Å². The summed E-state index contributed by atoms with van der Waals surface area (Å²) in [6, 6.07) is -0.532. The maximum atomic E-state index is 12.4. The highest BCUT2D eigenvalue weighted by molar-refractivity contribution is 5.76. The van der Waals surface area contributed by atoms with Gasteiger partial charge < -0.3 is 15.5 Å². The summed E-state index contributed by atoms with van der Waals surface area (Å²) in [4.78, 5) is 12.4. The average Bonchev–Trinajstić information content (AvgIpc) is 3.15. The van der Waals surface area contributed by atoms with Crippen molar-refractivity contribution >= 4 is 5.91 Å². The molecule has 52 heavy (non-hydrogen) atoms. The van der Waals surface area contributed by atoms with Crippen LogP contribution in [0.1, 0.15) is 258 Å². The quantitative estimate of drug-likeness (QED) is 0.0432. The monoisotopic (exact) mass is 732 g/mol. The number of carbonyl (C=O) groups is 1. The van der Waals surface area contributed by atoms with E-state index in [0.29, 0.717) is 12.8 Å². The number of aliphatic hydroxyl groups is 2. The molecule has 0 aromatic carbocycles. The fourth-order valence-electron chi connectivity index (χ4n) is 7.33. The van der Waals surface area contributed by atoms with Gasteiger partial charge in [-0.25, -0.2) is 0 Å². The molecular weight excluding hydrogens is 639 g/mol. The Morgan fingerprint density at radius 1 is 0.462 bits per heavy atom. The Balaban J connectivity index is 3.40. The zero-order valence-corrected chi connectivity index (χ0v) is 35.3. The predicted octanol–water partition coefficient (Wildman–Crippen LogP) is 14.8. The zero-order chi connectivity index (χ0) is 37.8. The van der Waals surface area contributed by atoms with Crippen molar-refractivity contribution in [2.24, 2.45) is 0 Å². The Morgan fingerprint density at radius 2 is 0.788 bits per heavy atom. The standard InChI is InChI=1S/C48H93NO3/c1-3-5-7-9-11-13-14-15-16-17-18-19-20-21-22-23-24-25-26-27-28-29-30-31-32-33-34-36-38-40-42-44-48(52)49-46(45-50)47(51)43-41-39-37-35-12-10-8-6-4-2/h18-19,21-22,46-47,50-51H,3-17,20,23-45H2,1-2H3,(H,49,52)/b19-18-,22-21-. The molecule has 0 aromatic heterocycles. The second kappa shape index (κ2) is 44.3. The fraction of sp³-hybridized carbons (Fsp3) is 0.896. The highest BCUT2D eigenvalue weighted by atomic mass is 16.3. The van der Waals surface area contributed by atoms with Crippen LogP contribution < -0.4 is 5.32 Å². The molecule has 0 bridgehead atoms. The van der Waals surface area contributed by atoms with Gasteiger partial charge in [-0.15, -0.1) is 0 Å². The normalized spacial score (nSPS) is 13.1. The van der Waals surface area contributed by atoms with Crippen molar-refractivity contribution in [1.29, 1.82) is 0 Å². The summed E-state index contributed by atoms with van der Waals surface area (Å²) in [5.41, 5.74) is 0. The van der Waals surface area contributed by atoms with Crippen molar-refractivity contribution in [2.45, 2.75) is 270 Å². The molecule has 0 heterocycles. The first-order valence-electron chi connectivity index (χ1n) is 23.5. The smallest absolute Gasteiger partial charge is 0.220 e. The molecule has 4 nitrogen and oxygen atoms in total. The Hall–Kier alpha value is -1.13. The maximum Gasteiger partial charge on any atom is 0.220 e. The van der Waals surface area contributed by atoms with E-state index in [4.69, 9.17) is 0 Å². The summed E-state index contributed by atoms with van der Waals surface area (Å²) in [6.07, 6.45) is 57.1. The van der Waals surface area contributed by atoms with E-state index in [1.807, 2.05) is 0 Å². The van der Waals surface area contributed by atoms with Gasteiger partial charge in [-0.1, -0.05) is 231 Å². The van der Waals surface area contributed by atoms with E-state index in [2.05, 4.69) is 43.5 Å². The number of rotatable bonds is 43. The van der Waals surface area contributed by atoms with Crippen molar-refractivity contribution in [1.82, 2.24) is 5.32 Å². The number of amides is 1. The SMILES string of the molecule is CCCCCCCCCCC/C=C\C/C=C\CCCCCCCCCCCCCCCCCC(=O)NC(CO)C(O)CCCCCCCCCCC. The average molecular weight is 732 g/mol. The lowest BCUT2D eigenvalue weighted by Gasteiger charge is -2.22. The van der Waals surface area contributed by atoms with Crippen molar-refractivity contribution in [3.63, 3.8) is 0 Å². The van der Waals surface area contributed by atoms with Crippen LogP contribution in [0.5, 0.6) is 0 Å². The highest BCUT2D eigenvalue weighted by Crippen LogP contribution is 2.16. The van der Waals surface area contributed by atoms with Crippen LogP contribution in [0, 0.1) is 0 Å². The minimum absolute atomic E-state index is 0.0319. The van der Waals surface area contributed by atoms with Crippen molar-refractivity contribution in [3.8, 4) is 0 Å². The number of allylic oxidation sites excluding steroid dienone is 4. The molecule has 0 radical (unpaired) electrons. The number of hydrogen-bond acceptors (Lipinski definition) is 3. The fourth-order valence-corrected chi connectivity index (χ4v) is 7.33. The van der Waals surface area contributed by atoms with Gasteiger partial charge >= 0.3 is 0 Å². The van der Waals surface area contributed by atoms with E-state index in [1.165, 1.54) is 199 Å². The first-order valence-corrected chi connectivity index (χ1v) is 23.5. The Labute approximate surface area is 326 Å². The third-order valence-electron chi connectivity index (χ3n) is 11.0. The molecule has 0 rings (SSSR count). The third-order valence-corrected chi connectivity index (χ3v) is 11.0. The Bertz CT molecular complexity index is 750. The van der Waals surface area contributed by atoms with Gasteiger partial charge in [-0.2, -0.15) is 0 Å². The maximum absolute atomic E-state index is 12.4. The third kappa shape index (κ3) is 40.1. The molecule has 1 amide bonds. The van der Waals surface area contributed by atoms with E-state index in [1.54, 1.807) is 0 Å². The Kier molecular flexibility index (Phi) is 43.3. The van der Waals surface area contributed by atoms with Crippen LogP contribution in [0.2, 0.25) is 0 Å². The summed E-state index contributed by atoms with van der Waals surface area (Å²) in [7, 11) is 0. The summed E-state index contributed by atoms with van der Waals surface area (Å²) >= 11 is 0. The summed E-state index contributed by atoms with van der Waals surface area (Å²) in [6.45, 7) is 4.35. The molecule has 0 saturated heterocycles. The van der Waals surface area contributed by atoms with E-state index < -0.39 is 12.1 Å². The lowest BCUT2D eigenvalue weighted by molar-refractivity contribution is -0.123. The number of carbonyl (C=O) groups excluding carboxylic acids is 1. The van der Waals surface area contributed by atoms with Gasteiger partial charge in [0.2, 0.25) is 5.91 Å². The Morgan fingerprint density at radius 3 is 1.15 bits per heavy atom. The second-order valence-electron chi connectivity index (χ2n) is 16.2. The molecular formula is C48H93NO3. The van der Waals surface area contributed by atoms with Crippen LogP contribution in [0.25, 0.3) is 0 Å². The summed E-state index contributed by atoms with van der Waals surface area (Å²) in [5.74, 6) is -0.0319. The minimum Gasteiger partial charge on any atom is -0.394 e. The van der Waals surface area contributed by atoms with Crippen LogP contribution in [0.4, 0.5) is 0 Å². The predicted molar refractivity (Wildman–Crippen MR) is 230 cm³/mol. The number of unbranched alkanes of at least 4 members (excludes halogenated alkanes) is 32. The van der Waals surface area contributed by atoms with Crippen molar-refractivity contribution in [2.75, 3.05) is 6.61 Å². The molecule has 0 aliphatic carbocycles. The lowest BCUT2D eigenvalue weighted by atomic mass is 10.0. The number of aliphatic hydroxyl groups excluding tert-OH is 2. The zero-order valence-electron chi connectivity index (χ0n) is 35.3. The van der Waals surface area contributed by atoms with E-state index in [9.17, 15) is 15.0 Å². The molecule has 0 aliphatic heterocycles. The first kappa shape index (κ1) is 50.9. The summed E-state index contributed by atoms with van der Waals surface area (Å²) in [5, 5.41) is 23.0. The van der Waals surface area contributed by atoms with E-state index in [0.717, 1.165) is 32.1 Å². The van der Waals surface area contributed by atoms with Crippen molar-refractivity contribution in [3.05, 3.63) is 24.3 Å². The number of nitrogens with one attached hydrogen (secondary N) is 1. The molecule has 0 saturated carbocycles. The van der Waals surface area contributed by atoms with Gasteiger partial charge in [0.25, 0.3) is 0 Å². The molecule has 2 unspecified atom stereocenters. The molecule has 0 fully saturated rings. The molecule has 0 spiro atoms. The van der Waals surface area contributed by atoms with E-state index >= 15 is 0 Å². The van der Waals surface area contributed by atoms with Gasteiger partial charge in [0.05, 0.1) is 18.8 Å². The summed E-state index contributed by atoms with van der Waals surface area (Å²) < 4.78 is 0. The van der Waals surface area contributed by atoms with Crippen molar-refractivity contribution < 1.29 is 15.0 Å². The topological polar surface area (TPSA) is 69.6 Å². The molecule has 0 aliphatic rings. The van der Waals surface area contributed by atoms with Crippen LogP contribution in [0.3, 0.4) is 0 Å². The lowest BCUT2D eigenvalue weighted by Crippen LogP contribution is -2.45. The van der Waals surface area contributed by atoms with Gasteiger partial charge in [-0.05, 0) is 44.9 Å². The van der Waals surface area contributed by atoms with Gasteiger partial charge in [0, 0.05) is 6.42 Å². The van der Waals surface area contributed by atoms with E-state index in [-0.39, 0.29) is 12.5 Å². The van der Waals surface area contributed by atoms with Crippen LogP contribution in [0.15, 0.2) is 24.3 Å². The second-order valence-corrected chi connectivity index (χ2v) is 16.2. The highest BCUT2D eigenvalue weighted by Gasteiger charge is 2.20. The number of hydrogen-bond donors (Lipinski definition) is 3. The molecule has 4 heteroatoms. The first-order chi connectivity index (χ1) is 25.7. The van der Waals surface area contributed by atoms with Gasteiger partial charge in [-0.3, -0.25) is 4.79 Å². The largest absolute Gasteiger partial charge is 0.394 e. The van der Waals surface area contributed by atoms with Gasteiger partial charge in [0.1, 0.15) is 0 Å². The molecule has 0 aromatic rings. The molecule has 308 valence electrons. The minimum atomic E-state index is -0.655. The van der Waals surface area contributed by atoms with Crippen LogP contribution >= 0.6 is 0 Å². The van der Waals surface area contributed by atoms with Crippen LogP contribution in [-0.2, 0) is 4.79 Å².